The number of fused-ring (bicyclic) bond motifs is 1. The van der Waals surface area contributed by atoms with Gasteiger partial charge in [-0.25, -0.2) is 0 Å². The van der Waals surface area contributed by atoms with Crippen LogP contribution in [-0.2, 0) is 4.79 Å². The van der Waals surface area contributed by atoms with E-state index in [1.165, 1.54) is 0 Å². The monoisotopic (exact) mass is 199 g/mol. The van der Waals surface area contributed by atoms with Crippen LogP contribution in [0.1, 0.15) is 0 Å². The zero-order valence-corrected chi connectivity index (χ0v) is 8.50. The molecule has 2 aliphatic heterocycles. The minimum absolute atomic E-state index is 0.0139. The fraction of sp³-hybridized carbons (Fsp3) is 0.875. The van der Waals surface area contributed by atoms with Crippen LogP contribution >= 0.6 is 0 Å². The highest BCUT2D eigenvalue weighted by atomic mass is 16.2. The van der Waals surface area contributed by atoms with Crippen LogP contribution in [-0.4, -0.2) is 50.6 Å². The van der Waals surface area contributed by atoms with Gasteiger partial charge in [-0.1, -0.05) is 0 Å². The minimum Gasteiger partial charge on any atom is -0.343 e. The molecule has 2 aliphatic rings. The van der Waals surface area contributed by atoms with E-state index in [0.29, 0.717) is 13.2 Å². The second-order valence-corrected chi connectivity index (χ2v) is 3.95. The van der Waals surface area contributed by atoms with Crippen LogP contribution in [0.2, 0.25) is 0 Å². The van der Waals surface area contributed by atoms with Crippen LogP contribution in [0.15, 0.2) is 0 Å². The molecule has 80 valence electrons. The summed E-state index contributed by atoms with van der Waals surface area (Å²) in [4.78, 5) is 13.5. The topological polar surface area (TPSA) is 68.4 Å². The van der Waals surface area contributed by atoms with Gasteiger partial charge in [-0.2, -0.15) is 0 Å². The first-order valence-electron chi connectivity index (χ1n) is 4.85. The van der Waals surface area contributed by atoms with E-state index < -0.39 is 0 Å². The molecule has 2 saturated heterocycles. The summed E-state index contributed by atoms with van der Waals surface area (Å²) in [6, 6.07) is 0. The van der Waals surface area contributed by atoms with Crippen LogP contribution in [0, 0.1) is 5.92 Å². The minimum atomic E-state index is -0.0139. The Hall–Kier alpha value is -0.690. The quantitative estimate of drug-likeness (QED) is 0.380. The van der Waals surface area contributed by atoms with Gasteiger partial charge in [0.25, 0.3) is 0 Å². The SMILES string of the molecule is CN(C)C1NCC2C(=O)NCNC2N1. The van der Waals surface area contributed by atoms with Crippen molar-refractivity contribution in [3.05, 3.63) is 0 Å². The van der Waals surface area contributed by atoms with E-state index in [1.54, 1.807) is 0 Å². The van der Waals surface area contributed by atoms with Gasteiger partial charge in [0, 0.05) is 6.54 Å². The first kappa shape index (κ1) is 9.85. The summed E-state index contributed by atoms with van der Waals surface area (Å²) in [5, 5.41) is 12.6. The highest BCUT2D eigenvalue weighted by molar-refractivity contribution is 5.80. The second kappa shape index (κ2) is 3.82. The van der Waals surface area contributed by atoms with Gasteiger partial charge in [0.05, 0.1) is 18.8 Å². The summed E-state index contributed by atoms with van der Waals surface area (Å²) in [7, 11) is 3.99. The first-order valence-corrected chi connectivity index (χ1v) is 4.85. The molecule has 0 aromatic carbocycles. The van der Waals surface area contributed by atoms with Gasteiger partial charge >= 0.3 is 0 Å². The molecule has 0 aromatic rings. The Morgan fingerprint density at radius 1 is 1.36 bits per heavy atom. The maximum Gasteiger partial charge on any atom is 0.228 e. The lowest BCUT2D eigenvalue weighted by molar-refractivity contribution is -0.130. The van der Waals surface area contributed by atoms with Crippen molar-refractivity contribution >= 4 is 5.91 Å². The van der Waals surface area contributed by atoms with E-state index in [0.717, 1.165) is 0 Å². The van der Waals surface area contributed by atoms with Crippen LogP contribution < -0.4 is 21.3 Å². The Morgan fingerprint density at radius 3 is 2.86 bits per heavy atom. The molecule has 0 spiro atoms. The molecule has 3 atom stereocenters. The number of nitrogens with zero attached hydrogens (tertiary/aromatic N) is 1. The van der Waals surface area contributed by atoms with Gasteiger partial charge in [0.1, 0.15) is 6.29 Å². The number of rotatable bonds is 1. The Bertz CT molecular complexity index is 232. The molecular formula is C8H17N5O. The highest BCUT2D eigenvalue weighted by Gasteiger charge is 2.36. The third-order valence-corrected chi connectivity index (χ3v) is 2.71. The van der Waals surface area contributed by atoms with Crippen molar-refractivity contribution in [1.82, 2.24) is 26.2 Å². The Balaban J connectivity index is 1.99. The fourth-order valence-corrected chi connectivity index (χ4v) is 1.86. The van der Waals surface area contributed by atoms with Crippen molar-refractivity contribution < 1.29 is 4.79 Å². The van der Waals surface area contributed by atoms with Gasteiger partial charge in [0.15, 0.2) is 0 Å². The molecule has 6 heteroatoms. The van der Waals surface area contributed by atoms with Crippen molar-refractivity contribution in [3.63, 3.8) is 0 Å². The number of amides is 1. The van der Waals surface area contributed by atoms with Crippen molar-refractivity contribution in [2.75, 3.05) is 27.3 Å². The Kier molecular flexibility index (Phi) is 2.69. The average molecular weight is 199 g/mol. The van der Waals surface area contributed by atoms with Crippen molar-refractivity contribution in [2.24, 2.45) is 5.92 Å². The van der Waals surface area contributed by atoms with Crippen LogP contribution in [0.5, 0.6) is 0 Å². The molecule has 14 heavy (non-hydrogen) atoms. The molecule has 0 aliphatic carbocycles. The van der Waals surface area contributed by atoms with Crippen LogP contribution in [0.25, 0.3) is 0 Å². The van der Waals surface area contributed by atoms with E-state index >= 15 is 0 Å². The van der Waals surface area contributed by atoms with Gasteiger partial charge in [-0.15, -0.1) is 0 Å². The third kappa shape index (κ3) is 1.74. The maximum absolute atomic E-state index is 11.5. The van der Waals surface area contributed by atoms with E-state index in [2.05, 4.69) is 21.3 Å². The Morgan fingerprint density at radius 2 is 2.14 bits per heavy atom. The Labute approximate surface area is 83.4 Å². The molecule has 0 aromatic heterocycles. The summed E-state index contributed by atoms with van der Waals surface area (Å²) in [5.41, 5.74) is 0. The lowest BCUT2D eigenvalue weighted by Gasteiger charge is -2.42. The maximum atomic E-state index is 11.5. The molecule has 3 unspecified atom stereocenters. The molecule has 0 saturated carbocycles. The van der Waals surface area contributed by atoms with E-state index in [1.807, 2.05) is 19.0 Å². The number of carbonyl (C=O) groups excluding carboxylic acids is 1. The van der Waals surface area contributed by atoms with Crippen LogP contribution in [0.3, 0.4) is 0 Å². The number of nitrogens with one attached hydrogen (secondary N) is 4. The van der Waals surface area contributed by atoms with Crippen LogP contribution in [0.4, 0.5) is 0 Å². The predicted octanol–water partition coefficient (Wildman–Crippen LogP) is -2.36. The van der Waals surface area contributed by atoms with E-state index in [-0.39, 0.29) is 24.3 Å². The molecule has 2 fully saturated rings. The zero-order chi connectivity index (χ0) is 10.1. The first-order chi connectivity index (χ1) is 6.68. The van der Waals surface area contributed by atoms with Gasteiger partial charge < -0.3 is 5.32 Å². The van der Waals surface area contributed by atoms with Gasteiger partial charge in [-0.05, 0) is 14.1 Å². The average Bonchev–Trinajstić information content (AvgIpc) is 2.17. The number of carbonyl (C=O) groups is 1. The molecule has 0 bridgehead atoms. The molecule has 0 radical (unpaired) electrons. The lowest BCUT2D eigenvalue weighted by Crippen LogP contribution is -2.72. The third-order valence-electron chi connectivity index (χ3n) is 2.71. The van der Waals surface area contributed by atoms with Crippen molar-refractivity contribution in [1.29, 1.82) is 0 Å². The second-order valence-electron chi connectivity index (χ2n) is 3.95. The largest absolute Gasteiger partial charge is 0.343 e. The molecule has 2 rings (SSSR count). The summed E-state index contributed by atoms with van der Waals surface area (Å²) < 4.78 is 0. The normalized spacial score (nSPS) is 37.9. The zero-order valence-electron chi connectivity index (χ0n) is 8.50. The highest BCUT2D eigenvalue weighted by Crippen LogP contribution is 2.09. The van der Waals surface area contributed by atoms with Gasteiger partial charge in [-0.3, -0.25) is 25.6 Å². The van der Waals surface area contributed by atoms with Crippen molar-refractivity contribution in [3.8, 4) is 0 Å². The van der Waals surface area contributed by atoms with Crippen molar-refractivity contribution in [2.45, 2.75) is 12.5 Å². The fourth-order valence-electron chi connectivity index (χ4n) is 1.86. The standard InChI is InChI=1S/C8H17N5O/c1-13(2)8-9-3-5-6(12-8)10-4-11-7(5)14/h5-6,8-10,12H,3-4H2,1-2H3,(H,11,14). The molecule has 1 amide bonds. The number of hydrogen-bond donors (Lipinski definition) is 4. The summed E-state index contributed by atoms with van der Waals surface area (Å²) in [5.74, 6) is 0.103. The summed E-state index contributed by atoms with van der Waals surface area (Å²) >= 11 is 0. The lowest BCUT2D eigenvalue weighted by atomic mass is 10.0. The smallest absolute Gasteiger partial charge is 0.228 e. The molecular weight excluding hydrogens is 182 g/mol. The summed E-state index contributed by atoms with van der Waals surface area (Å²) in [6.07, 6.45) is 0.215. The number of hydrogen-bond acceptors (Lipinski definition) is 5. The van der Waals surface area contributed by atoms with E-state index in [9.17, 15) is 4.79 Å². The summed E-state index contributed by atoms with van der Waals surface area (Å²) in [6.45, 7) is 1.26. The predicted molar refractivity (Wildman–Crippen MR) is 52.0 cm³/mol. The molecule has 2 heterocycles. The van der Waals surface area contributed by atoms with E-state index in [4.69, 9.17) is 0 Å². The molecule has 6 nitrogen and oxygen atoms in total. The molecule has 4 N–H and O–H groups in total. The van der Waals surface area contributed by atoms with Gasteiger partial charge in [0.2, 0.25) is 5.91 Å².